The highest BCUT2D eigenvalue weighted by atomic mass is 16.4. The van der Waals surface area contributed by atoms with Crippen LogP contribution in [0.2, 0.25) is 0 Å². The maximum atomic E-state index is 12.4. The van der Waals surface area contributed by atoms with Crippen LogP contribution in [0, 0.1) is 5.92 Å². The first-order chi connectivity index (χ1) is 11.4. The first-order valence-corrected chi connectivity index (χ1v) is 8.31. The third kappa shape index (κ3) is 4.15. The summed E-state index contributed by atoms with van der Waals surface area (Å²) in [5.41, 5.74) is 0. The van der Waals surface area contributed by atoms with Crippen molar-refractivity contribution >= 4 is 17.8 Å². The smallest absolute Gasteiger partial charge is 0.371 e. The lowest BCUT2D eigenvalue weighted by atomic mass is 9.95. The highest BCUT2D eigenvalue weighted by Crippen LogP contribution is 2.21. The van der Waals surface area contributed by atoms with Crippen molar-refractivity contribution in [1.82, 2.24) is 9.80 Å². The Labute approximate surface area is 141 Å². The van der Waals surface area contributed by atoms with Gasteiger partial charge in [-0.3, -0.25) is 9.59 Å². The third-order valence-corrected chi connectivity index (χ3v) is 4.38. The van der Waals surface area contributed by atoms with Gasteiger partial charge in [0.2, 0.25) is 11.7 Å². The molecule has 0 aromatic carbocycles. The van der Waals surface area contributed by atoms with E-state index in [1.807, 2.05) is 7.05 Å². The quantitative estimate of drug-likeness (QED) is 0.859. The fourth-order valence-corrected chi connectivity index (χ4v) is 2.87. The van der Waals surface area contributed by atoms with E-state index in [9.17, 15) is 14.4 Å². The van der Waals surface area contributed by atoms with Gasteiger partial charge in [-0.2, -0.15) is 0 Å². The number of aromatic carboxylic acids is 1. The minimum absolute atomic E-state index is 0.0252. The molecule has 0 unspecified atom stereocenters. The number of rotatable bonds is 6. The van der Waals surface area contributed by atoms with E-state index in [0.29, 0.717) is 25.9 Å². The largest absolute Gasteiger partial charge is 0.475 e. The van der Waals surface area contributed by atoms with Gasteiger partial charge < -0.3 is 19.3 Å². The Balaban J connectivity index is 1.88. The van der Waals surface area contributed by atoms with Gasteiger partial charge in [-0.1, -0.05) is 13.3 Å². The van der Waals surface area contributed by atoms with Crippen LogP contribution in [0.25, 0.3) is 0 Å². The zero-order valence-electron chi connectivity index (χ0n) is 14.2. The van der Waals surface area contributed by atoms with E-state index in [4.69, 9.17) is 9.52 Å². The van der Waals surface area contributed by atoms with Gasteiger partial charge in [0, 0.05) is 32.6 Å². The maximum absolute atomic E-state index is 12.4. The zero-order valence-corrected chi connectivity index (χ0v) is 14.2. The normalized spacial score (nSPS) is 15.3. The van der Waals surface area contributed by atoms with E-state index < -0.39 is 5.97 Å². The van der Waals surface area contributed by atoms with E-state index in [0.717, 1.165) is 19.4 Å². The molecule has 0 aliphatic carbocycles. The van der Waals surface area contributed by atoms with Gasteiger partial charge in [-0.15, -0.1) is 0 Å². The predicted molar refractivity (Wildman–Crippen MR) is 86.8 cm³/mol. The van der Waals surface area contributed by atoms with Gasteiger partial charge in [0.25, 0.3) is 5.91 Å². The second kappa shape index (κ2) is 7.99. The summed E-state index contributed by atoms with van der Waals surface area (Å²) in [4.78, 5) is 38.9. The Morgan fingerprint density at radius 1 is 1.25 bits per heavy atom. The van der Waals surface area contributed by atoms with E-state index in [1.54, 1.807) is 9.80 Å². The molecule has 1 aliphatic heterocycles. The number of carboxylic acid groups (broad SMARTS) is 1. The molecule has 0 radical (unpaired) electrons. The van der Waals surface area contributed by atoms with Crippen molar-refractivity contribution in [1.29, 1.82) is 0 Å². The number of carbonyl (C=O) groups is 3. The van der Waals surface area contributed by atoms with E-state index in [2.05, 4.69) is 6.92 Å². The number of likely N-dealkylation sites (tertiary alicyclic amines) is 1. The highest BCUT2D eigenvalue weighted by molar-refractivity contribution is 5.93. The molecule has 2 amide bonds. The minimum Gasteiger partial charge on any atom is -0.475 e. The summed E-state index contributed by atoms with van der Waals surface area (Å²) in [6.07, 6.45) is 3.27. The Kier molecular flexibility index (Phi) is 6.00. The lowest BCUT2D eigenvalue weighted by Crippen LogP contribution is -2.43. The molecule has 24 heavy (non-hydrogen) atoms. The summed E-state index contributed by atoms with van der Waals surface area (Å²) in [5, 5.41) is 8.84. The first-order valence-electron chi connectivity index (χ1n) is 8.31. The van der Waals surface area contributed by atoms with Crippen LogP contribution in [0.15, 0.2) is 16.5 Å². The molecular formula is C17H24N2O5. The number of piperidine rings is 1. The standard InChI is InChI=1S/C17H24N2O5/c1-3-4-9-18(2)15(20)12-7-10-19(11-8-12)16(21)13-5-6-14(24-13)17(22)23/h5-6,12H,3-4,7-11H2,1-2H3,(H,22,23). The monoisotopic (exact) mass is 336 g/mol. The predicted octanol–water partition coefficient (Wildman–Crippen LogP) is 2.09. The molecule has 1 aliphatic rings. The zero-order chi connectivity index (χ0) is 17.7. The molecule has 7 nitrogen and oxygen atoms in total. The lowest BCUT2D eigenvalue weighted by molar-refractivity contribution is -0.135. The van der Waals surface area contributed by atoms with Crippen molar-refractivity contribution in [3.8, 4) is 0 Å². The van der Waals surface area contributed by atoms with Gasteiger partial charge >= 0.3 is 5.97 Å². The molecule has 1 fully saturated rings. The fraction of sp³-hybridized carbons (Fsp3) is 0.588. The second-order valence-electron chi connectivity index (χ2n) is 6.15. The van der Waals surface area contributed by atoms with Gasteiger partial charge in [-0.05, 0) is 31.4 Å². The summed E-state index contributed by atoms with van der Waals surface area (Å²) in [7, 11) is 1.83. The van der Waals surface area contributed by atoms with Crippen molar-refractivity contribution in [2.75, 3.05) is 26.7 Å². The number of carbonyl (C=O) groups excluding carboxylic acids is 2. The van der Waals surface area contributed by atoms with E-state index >= 15 is 0 Å². The van der Waals surface area contributed by atoms with Crippen molar-refractivity contribution < 1.29 is 23.9 Å². The number of furan rings is 1. The molecule has 0 spiro atoms. The van der Waals surface area contributed by atoms with Crippen LogP contribution in [-0.2, 0) is 4.79 Å². The van der Waals surface area contributed by atoms with E-state index in [-0.39, 0.29) is 29.3 Å². The molecule has 132 valence electrons. The molecule has 1 aromatic rings. The van der Waals surface area contributed by atoms with Crippen molar-refractivity contribution in [3.63, 3.8) is 0 Å². The summed E-state index contributed by atoms with van der Waals surface area (Å²) in [5.74, 6) is -1.66. The maximum Gasteiger partial charge on any atom is 0.371 e. The van der Waals surface area contributed by atoms with Crippen LogP contribution in [0.4, 0.5) is 0 Å². The van der Waals surface area contributed by atoms with Crippen molar-refractivity contribution in [3.05, 3.63) is 23.7 Å². The Bertz CT molecular complexity index is 602. The molecule has 0 atom stereocenters. The minimum atomic E-state index is -1.20. The molecule has 0 saturated carbocycles. The molecule has 0 bridgehead atoms. The number of nitrogens with zero attached hydrogens (tertiary/aromatic N) is 2. The number of hydrogen-bond acceptors (Lipinski definition) is 4. The molecule has 1 saturated heterocycles. The molecule has 1 aromatic heterocycles. The van der Waals surface area contributed by atoms with Gasteiger partial charge in [0.05, 0.1) is 0 Å². The molecule has 7 heteroatoms. The average Bonchev–Trinajstić information content (AvgIpc) is 3.09. The van der Waals surface area contributed by atoms with Crippen LogP contribution in [0.3, 0.4) is 0 Å². The third-order valence-electron chi connectivity index (χ3n) is 4.38. The number of unbranched alkanes of at least 4 members (excludes halogenated alkanes) is 1. The second-order valence-corrected chi connectivity index (χ2v) is 6.15. The fourth-order valence-electron chi connectivity index (χ4n) is 2.87. The van der Waals surface area contributed by atoms with E-state index in [1.165, 1.54) is 12.1 Å². The van der Waals surface area contributed by atoms with Crippen LogP contribution in [0.1, 0.15) is 53.7 Å². The number of carboxylic acids is 1. The molecule has 2 heterocycles. The Morgan fingerprint density at radius 2 is 1.88 bits per heavy atom. The summed E-state index contributed by atoms with van der Waals surface area (Å²) < 4.78 is 5.05. The molecule has 2 rings (SSSR count). The SMILES string of the molecule is CCCCN(C)C(=O)C1CCN(C(=O)c2ccc(C(=O)O)o2)CC1. The molecule has 1 N–H and O–H groups in total. The van der Waals surface area contributed by atoms with Crippen LogP contribution in [-0.4, -0.2) is 59.4 Å². The highest BCUT2D eigenvalue weighted by Gasteiger charge is 2.30. The Hall–Kier alpha value is -2.31. The van der Waals surface area contributed by atoms with Crippen LogP contribution >= 0.6 is 0 Å². The topological polar surface area (TPSA) is 91.1 Å². The van der Waals surface area contributed by atoms with Crippen LogP contribution < -0.4 is 0 Å². The molecular weight excluding hydrogens is 312 g/mol. The first kappa shape index (κ1) is 18.0. The van der Waals surface area contributed by atoms with Crippen molar-refractivity contribution in [2.45, 2.75) is 32.6 Å². The van der Waals surface area contributed by atoms with Crippen LogP contribution in [0.5, 0.6) is 0 Å². The summed E-state index contributed by atoms with van der Waals surface area (Å²) >= 11 is 0. The summed E-state index contributed by atoms with van der Waals surface area (Å²) in [6, 6.07) is 2.65. The Morgan fingerprint density at radius 3 is 2.42 bits per heavy atom. The van der Waals surface area contributed by atoms with Gasteiger partial charge in [-0.25, -0.2) is 4.79 Å². The summed E-state index contributed by atoms with van der Waals surface area (Å²) in [6.45, 7) is 3.80. The lowest BCUT2D eigenvalue weighted by Gasteiger charge is -2.32. The van der Waals surface area contributed by atoms with Crippen molar-refractivity contribution in [2.24, 2.45) is 5.92 Å². The number of amides is 2. The van der Waals surface area contributed by atoms with Gasteiger partial charge in [0.1, 0.15) is 0 Å². The van der Waals surface area contributed by atoms with Gasteiger partial charge in [0.15, 0.2) is 5.76 Å². The average molecular weight is 336 g/mol. The number of hydrogen-bond donors (Lipinski definition) is 1.